The molecule has 1 N–H and O–H groups in total. The second-order valence-electron chi connectivity index (χ2n) is 3.28. The molecule has 2 aromatic carbocycles. The monoisotopic (exact) mass is 216 g/mol. The van der Waals surface area contributed by atoms with E-state index in [-0.39, 0.29) is 0 Å². The summed E-state index contributed by atoms with van der Waals surface area (Å²) in [6.45, 7) is 0. The maximum atomic E-state index is 12.3. The molecule has 76 valence electrons. The molecule has 15 heavy (non-hydrogen) atoms. The molecular formula is C12H11NOP-. The second kappa shape index (κ2) is 4.01. The lowest BCUT2D eigenvalue weighted by Crippen LogP contribution is -2.12. The van der Waals surface area contributed by atoms with Crippen LogP contribution < -0.4 is 10.6 Å². The van der Waals surface area contributed by atoms with Crippen molar-refractivity contribution in [3.05, 3.63) is 66.2 Å². The first-order valence-corrected chi connectivity index (χ1v) is 6.38. The first kappa shape index (κ1) is 10.2. The van der Waals surface area contributed by atoms with Gasteiger partial charge in [0.05, 0.1) is 7.29 Å². The Hall–Kier alpha value is -1.37. The van der Waals surface area contributed by atoms with Crippen LogP contribution in [0.4, 0.5) is 0 Å². The Morgan fingerprint density at radius 2 is 1.07 bits per heavy atom. The third-order valence-corrected chi connectivity index (χ3v) is 4.29. The lowest BCUT2D eigenvalue weighted by molar-refractivity contribution is 0.592. The number of nitrogens with one attached hydrogen (secondary N) is 1. The highest BCUT2D eigenvalue weighted by molar-refractivity contribution is 7.80. The number of hydrogen-bond donors (Lipinski definition) is 0. The van der Waals surface area contributed by atoms with Crippen LogP contribution in [-0.2, 0) is 4.57 Å². The standard InChI is InChI=1S/C12H11NOP/c13-15(14,11-7-3-1-4-8-11)12-9-5-2-6-10-12/h1-10H,(H-,13,14)/q-1. The van der Waals surface area contributed by atoms with E-state index in [9.17, 15) is 4.57 Å². The minimum Gasteiger partial charge on any atom is -0.611 e. The highest BCUT2D eigenvalue weighted by Crippen LogP contribution is 2.42. The highest BCUT2D eigenvalue weighted by atomic mass is 31.2. The van der Waals surface area contributed by atoms with Crippen molar-refractivity contribution in [2.24, 2.45) is 0 Å². The maximum absolute atomic E-state index is 12.3. The fourth-order valence-corrected chi connectivity index (χ4v) is 2.91. The molecule has 0 aromatic heterocycles. The molecule has 0 spiro atoms. The van der Waals surface area contributed by atoms with Crippen LogP contribution >= 0.6 is 7.29 Å². The lowest BCUT2D eigenvalue weighted by atomic mass is 10.4. The molecule has 0 bridgehead atoms. The molecule has 0 atom stereocenters. The fraction of sp³-hybridized carbons (Fsp3) is 0. The van der Waals surface area contributed by atoms with Crippen molar-refractivity contribution in [1.29, 1.82) is 0 Å². The van der Waals surface area contributed by atoms with Gasteiger partial charge in [-0.1, -0.05) is 60.7 Å². The number of hydrogen-bond acceptors (Lipinski definition) is 1. The Balaban J connectivity index is 2.50. The second-order valence-corrected chi connectivity index (χ2v) is 5.53. The zero-order valence-corrected chi connectivity index (χ0v) is 9.02. The van der Waals surface area contributed by atoms with Gasteiger partial charge in [-0.25, -0.2) is 0 Å². The summed E-state index contributed by atoms with van der Waals surface area (Å²) in [5, 5.41) is 1.16. The largest absolute Gasteiger partial charge is 0.611 e. The average Bonchev–Trinajstić information content (AvgIpc) is 2.31. The molecule has 0 aliphatic rings. The molecule has 0 fully saturated rings. The fourth-order valence-electron chi connectivity index (χ4n) is 1.42. The SMILES string of the molecule is [NH-]P(=O)(c1ccccc1)c1ccccc1. The Bertz CT molecular complexity index is 438. The van der Waals surface area contributed by atoms with Crippen LogP contribution in [0.15, 0.2) is 60.7 Å². The van der Waals surface area contributed by atoms with Crippen LogP contribution in [0.3, 0.4) is 0 Å². The average molecular weight is 216 g/mol. The van der Waals surface area contributed by atoms with E-state index in [4.69, 9.17) is 5.50 Å². The van der Waals surface area contributed by atoms with Crippen molar-refractivity contribution in [3.63, 3.8) is 0 Å². The Labute approximate surface area is 89.2 Å². The highest BCUT2D eigenvalue weighted by Gasteiger charge is 2.12. The third kappa shape index (κ3) is 2.01. The summed E-state index contributed by atoms with van der Waals surface area (Å²) in [5.41, 5.74) is 7.96. The molecule has 0 saturated carbocycles. The van der Waals surface area contributed by atoms with Gasteiger partial charge in [0.2, 0.25) is 0 Å². The normalized spacial score (nSPS) is 11.3. The summed E-state index contributed by atoms with van der Waals surface area (Å²) in [6, 6.07) is 17.9. The molecule has 3 heteroatoms. The van der Waals surface area contributed by atoms with E-state index in [1.165, 1.54) is 0 Å². The summed E-state index contributed by atoms with van der Waals surface area (Å²) in [7, 11) is -3.15. The van der Waals surface area contributed by atoms with E-state index in [1.54, 1.807) is 48.5 Å². The van der Waals surface area contributed by atoms with Crippen molar-refractivity contribution in [2.45, 2.75) is 0 Å². The minimum absolute atomic E-state index is 0.580. The van der Waals surface area contributed by atoms with Gasteiger partial charge in [0.15, 0.2) is 0 Å². The minimum atomic E-state index is -3.15. The number of rotatable bonds is 2. The lowest BCUT2D eigenvalue weighted by Gasteiger charge is -2.22. The number of benzene rings is 2. The van der Waals surface area contributed by atoms with Crippen molar-refractivity contribution in [3.8, 4) is 0 Å². The molecule has 0 amide bonds. The first-order chi connectivity index (χ1) is 7.21. The molecule has 2 rings (SSSR count). The van der Waals surface area contributed by atoms with Gasteiger partial charge in [0, 0.05) is 0 Å². The smallest absolute Gasteiger partial charge is 0.0515 e. The maximum Gasteiger partial charge on any atom is 0.0515 e. The van der Waals surface area contributed by atoms with Gasteiger partial charge in [0.1, 0.15) is 0 Å². The predicted octanol–water partition coefficient (Wildman–Crippen LogP) is 2.97. The predicted molar refractivity (Wildman–Crippen MR) is 64.1 cm³/mol. The summed E-state index contributed by atoms with van der Waals surface area (Å²) in [6.07, 6.45) is 0. The summed E-state index contributed by atoms with van der Waals surface area (Å²) in [4.78, 5) is 0. The van der Waals surface area contributed by atoms with Crippen molar-refractivity contribution in [2.75, 3.05) is 0 Å². The van der Waals surface area contributed by atoms with Gasteiger partial charge >= 0.3 is 0 Å². The topological polar surface area (TPSA) is 40.9 Å². The molecule has 0 unspecified atom stereocenters. The molecular weight excluding hydrogens is 205 g/mol. The van der Waals surface area contributed by atoms with Crippen LogP contribution in [0.1, 0.15) is 0 Å². The third-order valence-electron chi connectivity index (χ3n) is 2.24. The van der Waals surface area contributed by atoms with Gasteiger partial charge in [-0.2, -0.15) is 0 Å². The van der Waals surface area contributed by atoms with Gasteiger partial charge in [-0.15, -0.1) is 0 Å². The molecule has 2 nitrogen and oxygen atoms in total. The van der Waals surface area contributed by atoms with E-state index in [2.05, 4.69) is 0 Å². The van der Waals surface area contributed by atoms with Crippen LogP contribution in [0.25, 0.3) is 5.50 Å². The molecule has 0 heterocycles. The van der Waals surface area contributed by atoms with E-state index in [1.807, 2.05) is 12.1 Å². The van der Waals surface area contributed by atoms with E-state index < -0.39 is 7.29 Å². The summed E-state index contributed by atoms with van der Waals surface area (Å²) < 4.78 is 12.3. The first-order valence-electron chi connectivity index (χ1n) is 4.67. The summed E-state index contributed by atoms with van der Waals surface area (Å²) >= 11 is 0. The van der Waals surface area contributed by atoms with E-state index >= 15 is 0 Å². The Kier molecular flexibility index (Phi) is 2.72. The van der Waals surface area contributed by atoms with Gasteiger partial charge in [0.25, 0.3) is 0 Å². The van der Waals surface area contributed by atoms with Crippen LogP contribution in [-0.4, -0.2) is 0 Å². The van der Waals surface area contributed by atoms with Crippen LogP contribution in [0.5, 0.6) is 0 Å². The van der Waals surface area contributed by atoms with E-state index in [0.717, 1.165) is 0 Å². The van der Waals surface area contributed by atoms with Crippen LogP contribution in [0.2, 0.25) is 0 Å². The van der Waals surface area contributed by atoms with Crippen molar-refractivity contribution in [1.82, 2.24) is 0 Å². The van der Waals surface area contributed by atoms with Gasteiger partial charge in [-0.3, -0.25) is 0 Å². The molecule has 0 aliphatic heterocycles. The van der Waals surface area contributed by atoms with Gasteiger partial charge in [-0.05, 0) is 10.6 Å². The zero-order valence-electron chi connectivity index (χ0n) is 8.13. The van der Waals surface area contributed by atoms with E-state index in [0.29, 0.717) is 10.6 Å². The molecule has 2 aromatic rings. The zero-order chi connectivity index (χ0) is 10.7. The van der Waals surface area contributed by atoms with Gasteiger partial charge < -0.3 is 10.1 Å². The Morgan fingerprint density at radius 3 is 1.40 bits per heavy atom. The molecule has 0 saturated heterocycles. The van der Waals surface area contributed by atoms with Crippen molar-refractivity contribution >= 4 is 17.9 Å². The van der Waals surface area contributed by atoms with Crippen LogP contribution in [0, 0.1) is 0 Å². The molecule has 0 aliphatic carbocycles. The quantitative estimate of drug-likeness (QED) is 0.711. The summed E-state index contributed by atoms with van der Waals surface area (Å²) in [5.74, 6) is 0. The molecule has 0 radical (unpaired) electrons. The van der Waals surface area contributed by atoms with Crippen molar-refractivity contribution < 1.29 is 4.57 Å². The Morgan fingerprint density at radius 1 is 0.733 bits per heavy atom.